The van der Waals surface area contributed by atoms with Gasteiger partial charge in [0.15, 0.2) is 0 Å². The van der Waals surface area contributed by atoms with Crippen molar-refractivity contribution >= 4 is 12.0 Å². The van der Waals surface area contributed by atoms with Gasteiger partial charge in [0, 0.05) is 26.1 Å². The number of methoxy groups -OCH3 is 1. The fourth-order valence-corrected chi connectivity index (χ4v) is 2.03. The van der Waals surface area contributed by atoms with Crippen LogP contribution in [0.4, 0.5) is 4.79 Å². The van der Waals surface area contributed by atoms with E-state index in [1.807, 2.05) is 20.8 Å². The molecule has 7 heteroatoms. The van der Waals surface area contributed by atoms with Crippen molar-refractivity contribution < 1.29 is 19.1 Å². The highest BCUT2D eigenvalue weighted by Crippen LogP contribution is 2.06. The molecule has 0 heterocycles. The van der Waals surface area contributed by atoms with Gasteiger partial charge in [-0.3, -0.25) is 4.79 Å². The van der Waals surface area contributed by atoms with Gasteiger partial charge in [-0.2, -0.15) is 0 Å². The number of nitrogens with one attached hydrogen (secondary N) is 2. The molecule has 1 atom stereocenters. The third kappa shape index (κ3) is 15.3. The fraction of sp³-hybridized carbons (Fsp3) is 0.875. The maximum absolute atomic E-state index is 11.5. The highest BCUT2D eigenvalue weighted by Gasteiger charge is 2.15. The van der Waals surface area contributed by atoms with E-state index in [-0.39, 0.29) is 18.0 Å². The predicted molar refractivity (Wildman–Crippen MR) is 90.2 cm³/mol. The number of carbonyl (C=O) groups excluding carboxylic acids is 2. The molecule has 0 saturated carbocycles. The SMILES string of the molecule is COCC(CCCNC(=O)OC(C)(C)C)NCCCCC(N)=O. The zero-order valence-electron chi connectivity index (χ0n) is 14.9. The first-order chi connectivity index (χ1) is 10.7. The minimum absolute atomic E-state index is 0.231. The Kier molecular flexibility index (Phi) is 11.4. The lowest BCUT2D eigenvalue weighted by molar-refractivity contribution is -0.118. The summed E-state index contributed by atoms with van der Waals surface area (Å²) in [6.07, 6.45) is 3.46. The van der Waals surface area contributed by atoms with E-state index < -0.39 is 5.60 Å². The molecule has 136 valence electrons. The molecule has 0 aromatic heterocycles. The first-order valence-electron chi connectivity index (χ1n) is 8.22. The van der Waals surface area contributed by atoms with Gasteiger partial charge in [-0.25, -0.2) is 4.79 Å². The topological polar surface area (TPSA) is 103 Å². The van der Waals surface area contributed by atoms with E-state index in [0.717, 1.165) is 32.2 Å². The molecule has 4 N–H and O–H groups in total. The van der Waals surface area contributed by atoms with Crippen LogP contribution in [0.1, 0.15) is 52.9 Å². The molecular weight excluding hydrogens is 298 g/mol. The summed E-state index contributed by atoms with van der Waals surface area (Å²) in [5, 5.41) is 6.14. The van der Waals surface area contributed by atoms with Crippen molar-refractivity contribution in [2.24, 2.45) is 5.73 Å². The number of nitrogens with two attached hydrogens (primary N) is 1. The quantitative estimate of drug-likeness (QED) is 0.471. The number of hydrogen-bond acceptors (Lipinski definition) is 5. The summed E-state index contributed by atoms with van der Waals surface area (Å²) in [6.45, 7) is 7.51. The molecule has 0 aromatic rings. The van der Waals surface area contributed by atoms with Gasteiger partial charge in [-0.1, -0.05) is 0 Å². The summed E-state index contributed by atoms with van der Waals surface area (Å²) in [5.41, 5.74) is 4.62. The molecule has 0 rings (SSSR count). The number of carbonyl (C=O) groups is 2. The molecule has 23 heavy (non-hydrogen) atoms. The second-order valence-electron chi connectivity index (χ2n) is 6.60. The van der Waals surface area contributed by atoms with Crippen LogP contribution < -0.4 is 16.4 Å². The van der Waals surface area contributed by atoms with Crippen molar-refractivity contribution in [3.63, 3.8) is 0 Å². The molecule has 7 nitrogen and oxygen atoms in total. The van der Waals surface area contributed by atoms with Gasteiger partial charge < -0.3 is 25.8 Å². The average molecular weight is 331 g/mol. The zero-order chi connectivity index (χ0) is 17.7. The van der Waals surface area contributed by atoms with Crippen LogP contribution in [-0.4, -0.2) is 50.4 Å². The standard InChI is InChI=1S/C16H33N3O4/c1-16(2,3)23-15(21)19-11-7-8-13(12-22-4)18-10-6-5-9-14(17)20/h13,18H,5-12H2,1-4H3,(H2,17,20)(H,19,21). The first kappa shape index (κ1) is 21.7. The summed E-state index contributed by atoms with van der Waals surface area (Å²) in [6, 6.07) is 0.231. The van der Waals surface area contributed by atoms with Gasteiger partial charge in [0.05, 0.1) is 6.61 Å². The molecule has 1 unspecified atom stereocenters. The zero-order valence-corrected chi connectivity index (χ0v) is 14.9. The Bertz CT molecular complexity index is 343. The number of primary amides is 1. The molecule has 0 fully saturated rings. The van der Waals surface area contributed by atoms with E-state index in [1.54, 1.807) is 7.11 Å². The van der Waals surface area contributed by atoms with Crippen molar-refractivity contribution in [1.29, 1.82) is 0 Å². The Hall–Kier alpha value is -1.34. The molecule has 0 spiro atoms. The van der Waals surface area contributed by atoms with E-state index in [0.29, 0.717) is 19.6 Å². The molecule has 2 amide bonds. The van der Waals surface area contributed by atoms with Crippen LogP contribution in [-0.2, 0) is 14.3 Å². The Morgan fingerprint density at radius 3 is 2.39 bits per heavy atom. The molecule has 0 aliphatic rings. The van der Waals surface area contributed by atoms with Gasteiger partial charge in [0.2, 0.25) is 5.91 Å². The van der Waals surface area contributed by atoms with Gasteiger partial charge >= 0.3 is 6.09 Å². The first-order valence-corrected chi connectivity index (χ1v) is 8.22. The van der Waals surface area contributed by atoms with Crippen molar-refractivity contribution in [2.45, 2.75) is 64.5 Å². The van der Waals surface area contributed by atoms with Gasteiger partial charge in [-0.05, 0) is 53.0 Å². The fourth-order valence-electron chi connectivity index (χ4n) is 2.03. The van der Waals surface area contributed by atoms with Gasteiger partial charge in [0.25, 0.3) is 0 Å². The smallest absolute Gasteiger partial charge is 0.407 e. The van der Waals surface area contributed by atoms with Crippen LogP contribution in [0.5, 0.6) is 0 Å². The number of amides is 2. The molecule has 0 saturated heterocycles. The van der Waals surface area contributed by atoms with Crippen molar-refractivity contribution in [2.75, 3.05) is 26.8 Å². The molecule has 0 aliphatic carbocycles. The Morgan fingerprint density at radius 1 is 1.13 bits per heavy atom. The minimum atomic E-state index is -0.477. The highest BCUT2D eigenvalue weighted by atomic mass is 16.6. The summed E-state index contributed by atoms with van der Waals surface area (Å²) in [5.74, 6) is -0.258. The minimum Gasteiger partial charge on any atom is -0.444 e. The molecule has 0 bridgehead atoms. The Balaban J connectivity index is 3.79. The lowest BCUT2D eigenvalue weighted by Crippen LogP contribution is -2.36. The van der Waals surface area contributed by atoms with Crippen LogP contribution in [0.15, 0.2) is 0 Å². The van der Waals surface area contributed by atoms with Crippen molar-refractivity contribution in [1.82, 2.24) is 10.6 Å². The molecule has 0 aliphatic heterocycles. The second-order valence-corrected chi connectivity index (χ2v) is 6.60. The Morgan fingerprint density at radius 2 is 1.83 bits per heavy atom. The lowest BCUT2D eigenvalue weighted by atomic mass is 10.1. The van der Waals surface area contributed by atoms with Crippen LogP contribution >= 0.6 is 0 Å². The van der Waals surface area contributed by atoms with Gasteiger partial charge in [0.1, 0.15) is 5.60 Å². The molecule has 0 radical (unpaired) electrons. The maximum atomic E-state index is 11.5. The van der Waals surface area contributed by atoms with E-state index >= 15 is 0 Å². The van der Waals surface area contributed by atoms with E-state index in [4.69, 9.17) is 15.2 Å². The lowest BCUT2D eigenvalue weighted by Gasteiger charge is -2.20. The summed E-state index contributed by atoms with van der Waals surface area (Å²) in [4.78, 5) is 22.2. The van der Waals surface area contributed by atoms with E-state index in [9.17, 15) is 9.59 Å². The normalized spacial score (nSPS) is 12.7. The van der Waals surface area contributed by atoms with E-state index in [2.05, 4.69) is 10.6 Å². The van der Waals surface area contributed by atoms with Gasteiger partial charge in [-0.15, -0.1) is 0 Å². The van der Waals surface area contributed by atoms with Crippen LogP contribution in [0.3, 0.4) is 0 Å². The van der Waals surface area contributed by atoms with Crippen LogP contribution in [0.2, 0.25) is 0 Å². The third-order valence-corrected chi connectivity index (χ3v) is 3.05. The summed E-state index contributed by atoms with van der Waals surface area (Å²) < 4.78 is 10.4. The predicted octanol–water partition coefficient (Wildman–Crippen LogP) is 1.55. The maximum Gasteiger partial charge on any atom is 0.407 e. The number of hydrogen-bond donors (Lipinski definition) is 3. The third-order valence-electron chi connectivity index (χ3n) is 3.05. The van der Waals surface area contributed by atoms with Crippen molar-refractivity contribution in [3.05, 3.63) is 0 Å². The number of ether oxygens (including phenoxy) is 2. The van der Waals surface area contributed by atoms with Crippen LogP contribution in [0.25, 0.3) is 0 Å². The Labute approximate surface area is 139 Å². The summed E-state index contributed by atoms with van der Waals surface area (Å²) in [7, 11) is 1.67. The molecule has 0 aromatic carbocycles. The summed E-state index contributed by atoms with van der Waals surface area (Å²) >= 11 is 0. The van der Waals surface area contributed by atoms with E-state index in [1.165, 1.54) is 0 Å². The molecular formula is C16H33N3O4. The monoisotopic (exact) mass is 331 g/mol. The average Bonchev–Trinajstić information content (AvgIpc) is 2.40. The largest absolute Gasteiger partial charge is 0.444 e. The highest BCUT2D eigenvalue weighted by molar-refractivity contribution is 5.73. The van der Waals surface area contributed by atoms with Crippen molar-refractivity contribution in [3.8, 4) is 0 Å². The number of rotatable bonds is 12. The van der Waals surface area contributed by atoms with Crippen LogP contribution in [0, 0.1) is 0 Å². The second kappa shape index (κ2) is 12.1. The number of alkyl carbamates (subject to hydrolysis) is 1. The number of unbranched alkanes of at least 4 members (excludes halogenated alkanes) is 1.